The standard InChI is InChI=1S/C12H18F2N2O/c13-12(14)4-3-8(5-12)11(17)16-9-1-2-10(16)7-15-6-9/h8-10,15H,1-7H2. The molecule has 3 rings (SSSR count). The molecule has 17 heavy (non-hydrogen) atoms. The van der Waals surface area contributed by atoms with Crippen LogP contribution in [-0.2, 0) is 4.79 Å². The van der Waals surface area contributed by atoms with Gasteiger partial charge < -0.3 is 10.2 Å². The lowest BCUT2D eigenvalue weighted by Crippen LogP contribution is -2.55. The minimum absolute atomic E-state index is 0.0174. The van der Waals surface area contributed by atoms with Gasteiger partial charge in [0.1, 0.15) is 0 Å². The molecule has 3 atom stereocenters. The molecule has 1 N–H and O–H groups in total. The molecule has 2 heterocycles. The van der Waals surface area contributed by atoms with Crippen LogP contribution in [0.5, 0.6) is 0 Å². The van der Waals surface area contributed by atoms with E-state index in [1.54, 1.807) is 0 Å². The van der Waals surface area contributed by atoms with Crippen LogP contribution in [0.2, 0.25) is 0 Å². The van der Waals surface area contributed by atoms with Gasteiger partial charge in [-0.3, -0.25) is 4.79 Å². The van der Waals surface area contributed by atoms with E-state index in [0.717, 1.165) is 25.9 Å². The number of alkyl halides is 2. The zero-order valence-corrected chi connectivity index (χ0v) is 9.79. The summed E-state index contributed by atoms with van der Waals surface area (Å²) in [6, 6.07) is 0.492. The van der Waals surface area contributed by atoms with Crippen molar-refractivity contribution in [2.24, 2.45) is 5.92 Å². The number of hydrogen-bond acceptors (Lipinski definition) is 2. The minimum atomic E-state index is -2.62. The molecule has 2 aliphatic heterocycles. The molecule has 96 valence electrons. The Morgan fingerprint density at radius 2 is 1.82 bits per heavy atom. The minimum Gasteiger partial charge on any atom is -0.334 e. The van der Waals surface area contributed by atoms with E-state index in [1.807, 2.05) is 4.90 Å². The molecule has 3 fully saturated rings. The van der Waals surface area contributed by atoms with Crippen LogP contribution in [-0.4, -0.2) is 41.9 Å². The maximum Gasteiger partial charge on any atom is 0.248 e. The molecule has 2 bridgehead atoms. The van der Waals surface area contributed by atoms with Crippen molar-refractivity contribution in [3.05, 3.63) is 0 Å². The number of hydrogen-bond donors (Lipinski definition) is 1. The van der Waals surface area contributed by atoms with Gasteiger partial charge in [-0.2, -0.15) is 0 Å². The van der Waals surface area contributed by atoms with Crippen molar-refractivity contribution in [1.29, 1.82) is 0 Å². The summed E-state index contributed by atoms with van der Waals surface area (Å²) in [5, 5.41) is 3.30. The molecular formula is C12H18F2N2O. The van der Waals surface area contributed by atoms with E-state index in [4.69, 9.17) is 0 Å². The van der Waals surface area contributed by atoms with Gasteiger partial charge in [-0.25, -0.2) is 8.78 Å². The third kappa shape index (κ3) is 1.94. The molecule has 1 amide bonds. The molecule has 2 saturated heterocycles. The molecular weight excluding hydrogens is 226 g/mol. The predicted octanol–water partition coefficient (Wildman–Crippen LogP) is 1.38. The quantitative estimate of drug-likeness (QED) is 0.756. The first-order chi connectivity index (χ1) is 8.07. The van der Waals surface area contributed by atoms with Crippen LogP contribution < -0.4 is 5.32 Å². The number of halogens is 2. The molecule has 1 aliphatic carbocycles. The maximum absolute atomic E-state index is 13.1. The average molecular weight is 244 g/mol. The van der Waals surface area contributed by atoms with Crippen LogP contribution in [0.4, 0.5) is 8.78 Å². The summed E-state index contributed by atoms with van der Waals surface area (Å²) in [6.07, 6.45) is 2.04. The van der Waals surface area contributed by atoms with Crippen LogP contribution in [0, 0.1) is 5.92 Å². The number of carbonyl (C=O) groups is 1. The smallest absolute Gasteiger partial charge is 0.248 e. The summed E-state index contributed by atoms with van der Waals surface area (Å²) >= 11 is 0. The number of fused-ring (bicyclic) bond motifs is 2. The molecule has 0 aromatic carbocycles. The van der Waals surface area contributed by atoms with Gasteiger partial charge in [-0.1, -0.05) is 0 Å². The van der Waals surface area contributed by atoms with Crippen LogP contribution in [0.3, 0.4) is 0 Å². The van der Waals surface area contributed by atoms with Crippen LogP contribution in [0.1, 0.15) is 32.1 Å². The van der Waals surface area contributed by atoms with Crippen molar-refractivity contribution in [2.75, 3.05) is 13.1 Å². The highest BCUT2D eigenvalue weighted by Crippen LogP contribution is 2.41. The highest BCUT2D eigenvalue weighted by Gasteiger charge is 2.47. The molecule has 1 saturated carbocycles. The summed E-state index contributed by atoms with van der Waals surface area (Å²) in [6.45, 7) is 1.65. The first-order valence-corrected chi connectivity index (χ1v) is 6.47. The third-order valence-corrected chi connectivity index (χ3v) is 4.39. The van der Waals surface area contributed by atoms with E-state index in [0.29, 0.717) is 6.42 Å². The van der Waals surface area contributed by atoms with Crippen molar-refractivity contribution in [1.82, 2.24) is 10.2 Å². The zero-order valence-electron chi connectivity index (χ0n) is 9.79. The van der Waals surface area contributed by atoms with E-state index in [9.17, 15) is 13.6 Å². The van der Waals surface area contributed by atoms with Gasteiger partial charge in [0.05, 0.1) is 0 Å². The van der Waals surface area contributed by atoms with Crippen molar-refractivity contribution in [3.8, 4) is 0 Å². The van der Waals surface area contributed by atoms with Gasteiger partial charge >= 0.3 is 0 Å². The molecule has 0 radical (unpaired) electrons. The molecule has 5 heteroatoms. The van der Waals surface area contributed by atoms with Crippen LogP contribution in [0.25, 0.3) is 0 Å². The van der Waals surface area contributed by atoms with Crippen LogP contribution in [0.15, 0.2) is 0 Å². The summed E-state index contributed by atoms with van der Waals surface area (Å²) in [4.78, 5) is 14.2. The van der Waals surface area contributed by atoms with E-state index >= 15 is 0 Å². The number of piperazine rings is 1. The molecule has 3 aliphatic rings. The number of carbonyl (C=O) groups excluding carboxylic acids is 1. The Labute approximate surface area is 99.5 Å². The predicted molar refractivity (Wildman–Crippen MR) is 58.8 cm³/mol. The molecule has 0 aromatic heterocycles. The fourth-order valence-electron chi connectivity index (χ4n) is 3.51. The van der Waals surface area contributed by atoms with Gasteiger partial charge in [0.15, 0.2) is 0 Å². The largest absolute Gasteiger partial charge is 0.334 e. The van der Waals surface area contributed by atoms with Crippen LogP contribution >= 0.6 is 0 Å². The Morgan fingerprint density at radius 1 is 1.18 bits per heavy atom. The second-order valence-electron chi connectivity index (χ2n) is 5.58. The fourth-order valence-corrected chi connectivity index (χ4v) is 3.51. The molecule has 0 spiro atoms. The normalized spacial score (nSPS) is 39.6. The van der Waals surface area contributed by atoms with E-state index < -0.39 is 11.8 Å². The summed E-state index contributed by atoms with van der Waals surface area (Å²) in [7, 11) is 0. The molecule has 3 unspecified atom stereocenters. The zero-order chi connectivity index (χ0) is 12.0. The summed E-state index contributed by atoms with van der Waals surface area (Å²) in [5.41, 5.74) is 0. The lowest BCUT2D eigenvalue weighted by Gasteiger charge is -2.37. The van der Waals surface area contributed by atoms with Crippen molar-refractivity contribution in [3.63, 3.8) is 0 Å². The number of nitrogens with one attached hydrogen (secondary N) is 1. The van der Waals surface area contributed by atoms with Gasteiger partial charge in [-0.15, -0.1) is 0 Å². The highest BCUT2D eigenvalue weighted by molar-refractivity contribution is 5.80. The lowest BCUT2D eigenvalue weighted by molar-refractivity contribution is -0.140. The second kappa shape index (κ2) is 3.90. The first kappa shape index (κ1) is 11.4. The van der Waals surface area contributed by atoms with E-state index in [1.165, 1.54) is 0 Å². The Morgan fingerprint density at radius 3 is 2.35 bits per heavy atom. The average Bonchev–Trinajstić information content (AvgIpc) is 2.76. The van der Waals surface area contributed by atoms with Gasteiger partial charge in [-0.05, 0) is 19.3 Å². The van der Waals surface area contributed by atoms with Crippen molar-refractivity contribution in [2.45, 2.75) is 50.1 Å². The van der Waals surface area contributed by atoms with Gasteiger partial charge in [0.2, 0.25) is 11.8 Å². The van der Waals surface area contributed by atoms with Gasteiger partial charge in [0, 0.05) is 43.9 Å². The summed E-state index contributed by atoms with van der Waals surface area (Å²) in [5.74, 6) is -3.07. The number of rotatable bonds is 1. The molecule has 0 aromatic rings. The van der Waals surface area contributed by atoms with E-state index in [-0.39, 0.29) is 30.8 Å². The fraction of sp³-hybridized carbons (Fsp3) is 0.917. The topological polar surface area (TPSA) is 32.3 Å². The third-order valence-electron chi connectivity index (χ3n) is 4.39. The first-order valence-electron chi connectivity index (χ1n) is 6.47. The van der Waals surface area contributed by atoms with E-state index in [2.05, 4.69) is 5.32 Å². The Balaban J connectivity index is 1.71. The Bertz CT molecular complexity index is 318. The maximum atomic E-state index is 13.1. The SMILES string of the molecule is O=C(C1CCC(F)(F)C1)N1C2CCC1CNC2. The number of amides is 1. The Kier molecular flexibility index (Phi) is 2.61. The lowest BCUT2D eigenvalue weighted by atomic mass is 10.0. The van der Waals surface area contributed by atoms with Crippen molar-refractivity contribution >= 4 is 5.91 Å². The second-order valence-corrected chi connectivity index (χ2v) is 5.58. The van der Waals surface area contributed by atoms with Crippen molar-refractivity contribution < 1.29 is 13.6 Å². The highest BCUT2D eigenvalue weighted by atomic mass is 19.3. The summed E-state index contributed by atoms with van der Waals surface area (Å²) < 4.78 is 26.3. The molecule has 3 nitrogen and oxygen atoms in total. The van der Waals surface area contributed by atoms with Gasteiger partial charge in [0.25, 0.3) is 0 Å². The number of nitrogens with zero attached hydrogens (tertiary/aromatic N) is 1. The monoisotopic (exact) mass is 244 g/mol. The Hall–Kier alpha value is -0.710.